The smallest absolute Gasteiger partial charge is 0.267 e. The number of benzene rings is 1. The van der Waals surface area contributed by atoms with Gasteiger partial charge in [0.2, 0.25) is 6.29 Å². The molecule has 1 atom stereocenters. The third-order valence-corrected chi connectivity index (χ3v) is 2.51. The van der Waals surface area contributed by atoms with Crippen LogP contribution in [0, 0.1) is 0 Å². The molecule has 0 fully saturated rings. The average molecular weight is 265 g/mol. The van der Waals surface area contributed by atoms with E-state index >= 15 is 0 Å². The van der Waals surface area contributed by atoms with Gasteiger partial charge in [-0.25, -0.2) is 4.18 Å². The van der Waals surface area contributed by atoms with E-state index in [1.807, 2.05) is 0 Å². The van der Waals surface area contributed by atoms with Gasteiger partial charge in [-0.15, -0.1) is 0 Å². The zero-order chi connectivity index (χ0) is 12.2. The lowest BCUT2D eigenvalue weighted by Crippen LogP contribution is -2.22. The molecule has 0 aromatic heterocycles. The summed E-state index contributed by atoms with van der Waals surface area (Å²) in [5, 5.41) is 0.587. The highest BCUT2D eigenvalue weighted by Gasteiger charge is 2.14. The second-order valence-electron chi connectivity index (χ2n) is 3.21. The van der Waals surface area contributed by atoms with Crippen LogP contribution in [0.25, 0.3) is 0 Å². The zero-order valence-electron chi connectivity index (χ0n) is 9.01. The van der Waals surface area contributed by atoms with E-state index in [2.05, 4.69) is 0 Å². The van der Waals surface area contributed by atoms with Crippen LogP contribution in [-0.4, -0.2) is 21.0 Å². The molecule has 1 aromatic carbocycles. The molecule has 0 radical (unpaired) electrons. The van der Waals surface area contributed by atoms with Gasteiger partial charge in [0.1, 0.15) is 5.75 Å². The molecule has 1 unspecified atom stereocenters. The molecule has 16 heavy (non-hydrogen) atoms. The molecule has 0 aliphatic rings. The maximum absolute atomic E-state index is 10.9. The van der Waals surface area contributed by atoms with Crippen molar-refractivity contribution in [2.24, 2.45) is 0 Å². The normalized spacial score (nSPS) is 13.4. The van der Waals surface area contributed by atoms with E-state index < -0.39 is 16.4 Å². The molecule has 0 heterocycles. The summed E-state index contributed by atoms with van der Waals surface area (Å²) in [4.78, 5) is 0. The molecule has 0 spiro atoms. The standard InChI is InChI=1S/C10H13ClO4S/c1-3-10(15-16(2,12)13)14-9-6-4-8(11)5-7-9/h4-7,10H,3H2,1-2H3. The van der Waals surface area contributed by atoms with Crippen LogP contribution in [0.3, 0.4) is 0 Å². The lowest BCUT2D eigenvalue weighted by atomic mass is 10.3. The Hall–Kier alpha value is -0.780. The van der Waals surface area contributed by atoms with Crippen LogP contribution >= 0.6 is 11.6 Å². The number of ether oxygens (including phenoxy) is 1. The topological polar surface area (TPSA) is 52.6 Å². The van der Waals surface area contributed by atoms with E-state index in [1.165, 1.54) is 0 Å². The van der Waals surface area contributed by atoms with Crippen molar-refractivity contribution in [3.63, 3.8) is 0 Å². The van der Waals surface area contributed by atoms with Gasteiger partial charge in [0, 0.05) is 11.4 Å². The fourth-order valence-corrected chi connectivity index (χ4v) is 1.72. The second kappa shape index (κ2) is 5.52. The van der Waals surface area contributed by atoms with Gasteiger partial charge in [-0.3, -0.25) is 0 Å². The minimum Gasteiger partial charge on any atom is -0.464 e. The summed E-state index contributed by atoms with van der Waals surface area (Å²) >= 11 is 5.71. The first kappa shape index (κ1) is 13.3. The van der Waals surface area contributed by atoms with Crippen molar-refractivity contribution in [3.8, 4) is 5.75 Å². The molecule has 0 bridgehead atoms. The number of rotatable bonds is 5. The SMILES string of the molecule is CCC(Oc1ccc(Cl)cc1)OS(C)(=O)=O. The summed E-state index contributed by atoms with van der Waals surface area (Å²) in [6.45, 7) is 1.77. The Kier molecular flexibility index (Phi) is 4.58. The fourth-order valence-electron chi connectivity index (χ4n) is 1.03. The Balaban J connectivity index is 2.67. The second-order valence-corrected chi connectivity index (χ2v) is 5.25. The van der Waals surface area contributed by atoms with E-state index in [0.717, 1.165) is 6.26 Å². The van der Waals surface area contributed by atoms with Crippen molar-refractivity contribution in [1.82, 2.24) is 0 Å². The fraction of sp³-hybridized carbons (Fsp3) is 0.400. The van der Waals surface area contributed by atoms with Crippen molar-refractivity contribution in [2.45, 2.75) is 19.6 Å². The summed E-state index contributed by atoms with van der Waals surface area (Å²) in [6.07, 6.45) is 0.604. The molecular weight excluding hydrogens is 252 g/mol. The Bertz CT molecular complexity index is 427. The van der Waals surface area contributed by atoms with Gasteiger partial charge in [-0.05, 0) is 24.3 Å². The predicted octanol–water partition coefficient (Wildman–Crippen LogP) is 2.43. The summed E-state index contributed by atoms with van der Waals surface area (Å²) in [7, 11) is -3.51. The van der Waals surface area contributed by atoms with Crippen LogP contribution in [0.15, 0.2) is 24.3 Å². The molecule has 90 valence electrons. The van der Waals surface area contributed by atoms with Crippen LogP contribution in [0.1, 0.15) is 13.3 Å². The molecule has 0 aliphatic heterocycles. The first-order chi connectivity index (χ1) is 7.40. The van der Waals surface area contributed by atoms with E-state index in [0.29, 0.717) is 17.2 Å². The van der Waals surface area contributed by atoms with E-state index in [-0.39, 0.29) is 0 Å². The van der Waals surface area contributed by atoms with Crippen molar-refractivity contribution in [1.29, 1.82) is 0 Å². The Morgan fingerprint density at radius 2 is 1.88 bits per heavy atom. The first-order valence-electron chi connectivity index (χ1n) is 4.71. The zero-order valence-corrected chi connectivity index (χ0v) is 10.6. The molecule has 0 saturated carbocycles. The minimum atomic E-state index is -3.51. The Morgan fingerprint density at radius 1 is 1.31 bits per heavy atom. The summed E-state index contributed by atoms with van der Waals surface area (Å²) in [5.74, 6) is 0.514. The van der Waals surface area contributed by atoms with Crippen molar-refractivity contribution < 1.29 is 17.3 Å². The minimum absolute atomic E-state index is 0.426. The lowest BCUT2D eigenvalue weighted by molar-refractivity contribution is 0.00973. The van der Waals surface area contributed by atoms with Gasteiger partial charge in [0.25, 0.3) is 10.1 Å². The molecule has 6 heteroatoms. The highest BCUT2D eigenvalue weighted by atomic mass is 35.5. The van der Waals surface area contributed by atoms with Gasteiger partial charge in [-0.1, -0.05) is 18.5 Å². The van der Waals surface area contributed by atoms with Gasteiger partial charge >= 0.3 is 0 Å². The van der Waals surface area contributed by atoms with Crippen LogP contribution in [0.4, 0.5) is 0 Å². The number of halogens is 1. The number of hydrogen-bond donors (Lipinski definition) is 0. The average Bonchev–Trinajstić information content (AvgIpc) is 2.18. The Labute approximate surface area is 100 Å². The molecule has 0 amide bonds. The maximum Gasteiger partial charge on any atom is 0.267 e. The summed E-state index contributed by atoms with van der Waals surface area (Å²) in [5.41, 5.74) is 0. The van der Waals surface area contributed by atoms with Crippen molar-refractivity contribution in [3.05, 3.63) is 29.3 Å². The van der Waals surface area contributed by atoms with Gasteiger partial charge in [0.15, 0.2) is 0 Å². The molecular formula is C10H13ClO4S. The Morgan fingerprint density at radius 3 is 2.31 bits per heavy atom. The maximum atomic E-state index is 10.9. The molecule has 1 rings (SSSR count). The van der Waals surface area contributed by atoms with Crippen LogP contribution in [-0.2, 0) is 14.3 Å². The third kappa shape index (κ3) is 4.83. The van der Waals surface area contributed by atoms with Crippen LogP contribution in [0.5, 0.6) is 5.75 Å². The lowest BCUT2D eigenvalue weighted by Gasteiger charge is -2.16. The van der Waals surface area contributed by atoms with Gasteiger partial charge < -0.3 is 4.74 Å². The molecule has 1 aromatic rings. The van der Waals surface area contributed by atoms with Gasteiger partial charge in [0.05, 0.1) is 6.26 Å². The number of hydrogen-bond acceptors (Lipinski definition) is 4. The summed E-state index contributed by atoms with van der Waals surface area (Å²) in [6, 6.07) is 6.61. The van der Waals surface area contributed by atoms with Crippen molar-refractivity contribution >= 4 is 21.7 Å². The molecule has 0 N–H and O–H groups in total. The van der Waals surface area contributed by atoms with E-state index in [9.17, 15) is 8.42 Å². The quantitative estimate of drug-likeness (QED) is 0.605. The van der Waals surface area contributed by atoms with Crippen LogP contribution in [0.2, 0.25) is 5.02 Å². The van der Waals surface area contributed by atoms with E-state index in [4.69, 9.17) is 20.5 Å². The van der Waals surface area contributed by atoms with Crippen molar-refractivity contribution in [2.75, 3.05) is 6.26 Å². The highest BCUT2D eigenvalue weighted by molar-refractivity contribution is 7.86. The third-order valence-electron chi connectivity index (χ3n) is 1.70. The van der Waals surface area contributed by atoms with Crippen LogP contribution < -0.4 is 4.74 Å². The van der Waals surface area contributed by atoms with Gasteiger partial charge in [-0.2, -0.15) is 8.42 Å². The summed E-state index contributed by atoms with van der Waals surface area (Å²) < 4.78 is 31.9. The molecule has 0 saturated heterocycles. The molecule has 0 aliphatic carbocycles. The monoisotopic (exact) mass is 264 g/mol. The predicted molar refractivity (Wildman–Crippen MR) is 62.1 cm³/mol. The van der Waals surface area contributed by atoms with E-state index in [1.54, 1.807) is 31.2 Å². The first-order valence-corrected chi connectivity index (χ1v) is 6.90. The highest BCUT2D eigenvalue weighted by Crippen LogP contribution is 2.18. The molecule has 4 nitrogen and oxygen atoms in total. The largest absolute Gasteiger partial charge is 0.464 e.